The lowest BCUT2D eigenvalue weighted by atomic mass is 10.1. The number of anilines is 1. The van der Waals surface area contributed by atoms with Crippen molar-refractivity contribution in [1.29, 1.82) is 0 Å². The van der Waals surface area contributed by atoms with Crippen molar-refractivity contribution < 1.29 is 0 Å². The highest BCUT2D eigenvalue weighted by atomic mass is 127. The molecule has 2 aromatic carbocycles. The van der Waals surface area contributed by atoms with Crippen LogP contribution in [0.4, 0.5) is 5.82 Å². The Kier molecular flexibility index (Phi) is 3.41. The number of rotatable bonds is 2. The van der Waals surface area contributed by atoms with Gasteiger partial charge < -0.3 is 5.32 Å². The van der Waals surface area contributed by atoms with Gasteiger partial charge in [0.1, 0.15) is 5.82 Å². The first-order valence-corrected chi connectivity index (χ1v) is 8.49. The minimum atomic E-state index is 0.982. The molecule has 0 aliphatic carbocycles. The van der Waals surface area contributed by atoms with E-state index in [-0.39, 0.29) is 0 Å². The van der Waals surface area contributed by atoms with Gasteiger partial charge in [-0.1, -0.05) is 29.8 Å². The van der Waals surface area contributed by atoms with E-state index >= 15 is 0 Å². The van der Waals surface area contributed by atoms with E-state index in [9.17, 15) is 0 Å². The Bertz CT molecular complexity index is 834. The van der Waals surface area contributed by atoms with Crippen LogP contribution in [0.2, 0.25) is 0 Å². The molecule has 22 heavy (non-hydrogen) atoms. The normalized spacial score (nSPS) is 13.0. The van der Waals surface area contributed by atoms with Crippen LogP contribution in [0.15, 0.2) is 48.5 Å². The van der Waals surface area contributed by atoms with Gasteiger partial charge in [0.05, 0.1) is 11.4 Å². The first-order valence-electron chi connectivity index (χ1n) is 7.41. The summed E-state index contributed by atoms with van der Waals surface area (Å²) in [7, 11) is 0. The summed E-state index contributed by atoms with van der Waals surface area (Å²) in [6, 6.07) is 17.1. The fourth-order valence-electron chi connectivity index (χ4n) is 2.92. The summed E-state index contributed by atoms with van der Waals surface area (Å²) < 4.78 is 3.27. The molecule has 0 saturated carbocycles. The molecule has 1 aromatic heterocycles. The van der Waals surface area contributed by atoms with Gasteiger partial charge in [0, 0.05) is 21.2 Å². The van der Waals surface area contributed by atoms with Crippen molar-refractivity contribution in [2.45, 2.75) is 13.3 Å². The number of aryl methyl sites for hydroxylation is 1. The maximum absolute atomic E-state index is 4.89. The van der Waals surface area contributed by atoms with Crippen LogP contribution in [0.25, 0.3) is 16.9 Å². The van der Waals surface area contributed by atoms with Gasteiger partial charge in [-0.25, -0.2) is 4.68 Å². The van der Waals surface area contributed by atoms with Crippen molar-refractivity contribution in [3.63, 3.8) is 0 Å². The number of nitrogens with one attached hydrogen (secondary N) is 1. The Morgan fingerprint density at radius 1 is 1.14 bits per heavy atom. The Balaban J connectivity index is 1.88. The zero-order valence-corrected chi connectivity index (χ0v) is 14.5. The first-order chi connectivity index (χ1) is 10.7. The minimum Gasteiger partial charge on any atom is -0.369 e. The average molecular weight is 401 g/mol. The second-order valence-corrected chi connectivity index (χ2v) is 6.86. The highest BCUT2D eigenvalue weighted by Crippen LogP contribution is 2.34. The molecule has 3 aromatic rings. The van der Waals surface area contributed by atoms with E-state index in [1.807, 2.05) is 4.68 Å². The summed E-state index contributed by atoms with van der Waals surface area (Å²) in [5, 5.41) is 8.38. The molecular weight excluding hydrogens is 385 g/mol. The summed E-state index contributed by atoms with van der Waals surface area (Å²) in [4.78, 5) is 0. The van der Waals surface area contributed by atoms with Crippen molar-refractivity contribution in [3.05, 3.63) is 63.2 Å². The number of hydrogen-bond donors (Lipinski definition) is 1. The van der Waals surface area contributed by atoms with Crippen LogP contribution in [0.3, 0.4) is 0 Å². The van der Waals surface area contributed by atoms with Gasteiger partial charge in [0.2, 0.25) is 0 Å². The monoisotopic (exact) mass is 401 g/mol. The second-order valence-electron chi connectivity index (χ2n) is 5.61. The molecule has 0 atom stereocenters. The van der Waals surface area contributed by atoms with Gasteiger partial charge in [0.25, 0.3) is 0 Å². The van der Waals surface area contributed by atoms with Crippen molar-refractivity contribution in [2.75, 3.05) is 11.9 Å². The highest BCUT2D eigenvalue weighted by Gasteiger charge is 2.23. The fourth-order valence-corrected chi connectivity index (χ4v) is 3.46. The molecule has 4 heteroatoms. The Morgan fingerprint density at radius 2 is 1.95 bits per heavy atom. The highest BCUT2D eigenvalue weighted by molar-refractivity contribution is 14.1. The molecule has 0 saturated heterocycles. The zero-order valence-electron chi connectivity index (χ0n) is 12.3. The lowest BCUT2D eigenvalue weighted by Gasteiger charge is -2.06. The quantitative estimate of drug-likeness (QED) is 0.645. The number of halogens is 1. The van der Waals surface area contributed by atoms with Crippen molar-refractivity contribution in [1.82, 2.24) is 9.78 Å². The van der Waals surface area contributed by atoms with Gasteiger partial charge in [-0.15, -0.1) is 0 Å². The largest absolute Gasteiger partial charge is 0.369 e. The second kappa shape index (κ2) is 5.43. The number of benzene rings is 2. The smallest absolute Gasteiger partial charge is 0.133 e. The molecule has 0 spiro atoms. The zero-order chi connectivity index (χ0) is 15.1. The van der Waals surface area contributed by atoms with E-state index < -0.39 is 0 Å². The minimum absolute atomic E-state index is 0.982. The average Bonchev–Trinajstić information content (AvgIpc) is 3.10. The van der Waals surface area contributed by atoms with Crippen LogP contribution in [0, 0.1) is 10.5 Å². The van der Waals surface area contributed by atoms with Gasteiger partial charge in [-0.2, -0.15) is 5.10 Å². The lowest BCUT2D eigenvalue weighted by Crippen LogP contribution is -2.04. The molecule has 1 N–H and O–H groups in total. The van der Waals surface area contributed by atoms with E-state index in [1.165, 1.54) is 20.3 Å². The van der Waals surface area contributed by atoms with Crippen LogP contribution in [0.5, 0.6) is 0 Å². The maximum Gasteiger partial charge on any atom is 0.133 e. The van der Waals surface area contributed by atoms with E-state index in [4.69, 9.17) is 5.10 Å². The molecule has 0 bridgehead atoms. The number of hydrogen-bond acceptors (Lipinski definition) is 2. The van der Waals surface area contributed by atoms with E-state index in [0.717, 1.165) is 30.2 Å². The van der Waals surface area contributed by atoms with Gasteiger partial charge in [0.15, 0.2) is 0 Å². The van der Waals surface area contributed by atoms with Crippen LogP contribution in [-0.2, 0) is 6.42 Å². The summed E-state index contributed by atoms with van der Waals surface area (Å²) in [6.07, 6.45) is 1.03. The van der Waals surface area contributed by atoms with Gasteiger partial charge in [-0.05, 0) is 60.2 Å². The van der Waals surface area contributed by atoms with Crippen LogP contribution in [-0.4, -0.2) is 16.3 Å². The van der Waals surface area contributed by atoms with Crippen molar-refractivity contribution in [3.8, 4) is 16.9 Å². The number of fused-ring (bicyclic) bond motifs is 1. The summed E-state index contributed by atoms with van der Waals surface area (Å²) in [5.41, 5.74) is 5.98. The number of nitrogens with zero attached hydrogens (tertiary/aromatic N) is 2. The van der Waals surface area contributed by atoms with E-state index in [2.05, 4.69) is 83.4 Å². The fraction of sp³-hybridized carbons (Fsp3) is 0.167. The molecule has 1 aliphatic heterocycles. The summed E-state index contributed by atoms with van der Waals surface area (Å²) in [6.45, 7) is 3.09. The molecule has 0 amide bonds. The Hall–Kier alpha value is -1.82. The van der Waals surface area contributed by atoms with Gasteiger partial charge >= 0.3 is 0 Å². The topological polar surface area (TPSA) is 29.9 Å². The predicted molar refractivity (Wildman–Crippen MR) is 98.6 cm³/mol. The molecule has 0 fully saturated rings. The van der Waals surface area contributed by atoms with E-state index in [0.29, 0.717) is 0 Å². The third-order valence-electron chi connectivity index (χ3n) is 4.03. The molecular formula is C18H16IN3. The molecule has 0 radical (unpaired) electrons. The molecule has 0 unspecified atom stereocenters. The molecule has 2 heterocycles. The molecule has 1 aliphatic rings. The van der Waals surface area contributed by atoms with E-state index in [1.54, 1.807) is 0 Å². The third kappa shape index (κ3) is 2.31. The standard InChI is InChI=1S/C18H16IN3/c1-12-5-7-15(8-6-12)22-18-16(9-10-20-18)17(21-22)13-3-2-4-14(19)11-13/h2-8,11,20H,9-10H2,1H3. The van der Waals surface area contributed by atoms with Gasteiger partial charge in [-0.3, -0.25) is 0 Å². The summed E-state index contributed by atoms with van der Waals surface area (Å²) in [5.74, 6) is 1.14. The maximum atomic E-state index is 4.89. The summed E-state index contributed by atoms with van der Waals surface area (Å²) >= 11 is 2.35. The number of aromatic nitrogens is 2. The lowest BCUT2D eigenvalue weighted by molar-refractivity contribution is 0.882. The first kappa shape index (κ1) is 13.8. The SMILES string of the molecule is Cc1ccc(-n2nc(-c3cccc(I)c3)c3c2NCC3)cc1. The molecule has 110 valence electrons. The predicted octanol–water partition coefficient (Wildman–Crippen LogP) is 4.42. The molecule has 3 nitrogen and oxygen atoms in total. The van der Waals surface area contributed by atoms with Crippen molar-refractivity contribution in [2.24, 2.45) is 0 Å². The molecule has 4 rings (SSSR count). The Morgan fingerprint density at radius 3 is 2.73 bits per heavy atom. The van der Waals surface area contributed by atoms with Crippen LogP contribution < -0.4 is 5.32 Å². The third-order valence-corrected chi connectivity index (χ3v) is 4.70. The van der Waals surface area contributed by atoms with Crippen LogP contribution in [0.1, 0.15) is 11.1 Å². The van der Waals surface area contributed by atoms with Crippen molar-refractivity contribution >= 4 is 28.4 Å². The Labute approximate surface area is 143 Å². The van der Waals surface area contributed by atoms with Crippen LogP contribution >= 0.6 is 22.6 Å².